The number of carbonyl (C=O) groups excluding carboxylic acids is 1. The van der Waals surface area contributed by atoms with Crippen molar-refractivity contribution in [1.82, 2.24) is 9.88 Å². The predicted molar refractivity (Wildman–Crippen MR) is 103 cm³/mol. The number of thiazole rings is 1. The van der Waals surface area contributed by atoms with Crippen LogP contribution in [-0.2, 0) is 24.3 Å². The fourth-order valence-corrected chi connectivity index (χ4v) is 3.55. The Labute approximate surface area is 158 Å². The minimum absolute atomic E-state index is 0. The van der Waals surface area contributed by atoms with Crippen molar-refractivity contribution in [2.45, 2.75) is 32.5 Å². The average molecular weight is 389 g/mol. The lowest BCUT2D eigenvalue weighted by Crippen LogP contribution is -2.32. The van der Waals surface area contributed by atoms with Gasteiger partial charge < -0.3 is 11.1 Å². The summed E-state index contributed by atoms with van der Waals surface area (Å²) in [4.78, 5) is 19.8. The molecule has 2 aromatic rings. The van der Waals surface area contributed by atoms with Gasteiger partial charge in [-0.3, -0.25) is 9.69 Å². The molecule has 24 heavy (non-hydrogen) atoms. The molecule has 8 heteroatoms. The fraction of sp³-hybridized carbons (Fsp3) is 0.375. The summed E-state index contributed by atoms with van der Waals surface area (Å²) in [5.41, 5.74) is 8.00. The first-order valence-corrected chi connectivity index (χ1v) is 8.25. The van der Waals surface area contributed by atoms with Gasteiger partial charge in [-0.2, -0.15) is 0 Å². The van der Waals surface area contributed by atoms with Gasteiger partial charge in [0.05, 0.1) is 11.7 Å². The van der Waals surface area contributed by atoms with Crippen LogP contribution in [0.2, 0.25) is 0 Å². The molecule has 0 spiro atoms. The van der Waals surface area contributed by atoms with Gasteiger partial charge in [-0.15, -0.1) is 36.2 Å². The molecule has 0 fully saturated rings. The number of hydrogen-bond donors (Lipinski definition) is 2. The maximum absolute atomic E-state index is 11.7. The number of rotatable bonds is 4. The molecule has 0 unspecified atom stereocenters. The number of fused-ring (bicyclic) bond motifs is 1. The Kier molecular flexibility index (Phi) is 8.12. The Balaban J connectivity index is 0.00000144. The minimum Gasteiger partial charge on any atom is -0.320 e. The minimum atomic E-state index is -0.518. The van der Waals surface area contributed by atoms with Crippen molar-refractivity contribution in [3.8, 4) is 0 Å². The Hall–Kier alpha value is -1.18. The van der Waals surface area contributed by atoms with Gasteiger partial charge in [0.2, 0.25) is 5.91 Å². The normalized spacial score (nSPS) is 14.8. The molecule has 0 aliphatic carbocycles. The molecule has 1 aliphatic rings. The molecular weight excluding hydrogens is 367 g/mol. The first-order valence-electron chi connectivity index (χ1n) is 7.43. The zero-order chi connectivity index (χ0) is 15.5. The molecule has 5 nitrogen and oxygen atoms in total. The maximum atomic E-state index is 11.7. The molecule has 3 rings (SSSR count). The van der Waals surface area contributed by atoms with Gasteiger partial charge in [0.1, 0.15) is 0 Å². The average Bonchev–Trinajstić information content (AvgIpc) is 2.89. The molecule has 1 aliphatic heterocycles. The lowest BCUT2D eigenvalue weighted by molar-refractivity contribution is -0.117. The monoisotopic (exact) mass is 388 g/mol. The Morgan fingerprint density at radius 3 is 2.75 bits per heavy atom. The van der Waals surface area contributed by atoms with E-state index in [1.54, 1.807) is 18.3 Å². The second-order valence-electron chi connectivity index (χ2n) is 5.61. The summed E-state index contributed by atoms with van der Waals surface area (Å²) in [5, 5.41) is 3.45. The summed E-state index contributed by atoms with van der Waals surface area (Å²) >= 11 is 1.56. The van der Waals surface area contributed by atoms with Crippen molar-refractivity contribution >= 4 is 47.2 Å². The Bertz CT molecular complexity index is 663. The second kappa shape index (κ2) is 9.34. The van der Waals surface area contributed by atoms with Crippen LogP contribution in [0, 0.1) is 0 Å². The molecule has 0 saturated heterocycles. The largest absolute Gasteiger partial charge is 0.320 e. The number of halogens is 2. The molecule has 132 valence electrons. The second-order valence-corrected chi connectivity index (χ2v) is 6.70. The lowest BCUT2D eigenvalue weighted by Gasteiger charge is -2.25. The van der Waals surface area contributed by atoms with E-state index in [1.165, 1.54) is 10.4 Å². The van der Waals surface area contributed by atoms with Gasteiger partial charge in [-0.25, -0.2) is 4.98 Å². The van der Waals surface area contributed by atoms with Crippen molar-refractivity contribution < 1.29 is 4.79 Å². The third-order valence-corrected chi connectivity index (χ3v) is 4.70. The molecule has 0 bridgehead atoms. The van der Waals surface area contributed by atoms with E-state index in [0.717, 1.165) is 31.7 Å². The van der Waals surface area contributed by atoms with Crippen LogP contribution in [0.5, 0.6) is 0 Å². The van der Waals surface area contributed by atoms with Crippen LogP contribution in [0.15, 0.2) is 30.3 Å². The van der Waals surface area contributed by atoms with Gasteiger partial charge in [0, 0.05) is 30.9 Å². The maximum Gasteiger partial charge on any atom is 0.242 e. The highest BCUT2D eigenvalue weighted by Crippen LogP contribution is 2.29. The number of benzene rings is 1. The molecule has 1 atom stereocenters. The number of hydrogen-bond acceptors (Lipinski definition) is 5. The van der Waals surface area contributed by atoms with Gasteiger partial charge in [0.25, 0.3) is 0 Å². The summed E-state index contributed by atoms with van der Waals surface area (Å²) in [6, 6.07) is 9.95. The zero-order valence-electron chi connectivity index (χ0n) is 13.4. The molecule has 1 amide bonds. The summed E-state index contributed by atoms with van der Waals surface area (Å²) in [6.45, 7) is 4.49. The van der Waals surface area contributed by atoms with E-state index >= 15 is 0 Å². The van der Waals surface area contributed by atoms with E-state index in [1.807, 2.05) is 6.07 Å². The zero-order valence-corrected chi connectivity index (χ0v) is 15.8. The van der Waals surface area contributed by atoms with Crippen LogP contribution in [0.4, 0.5) is 5.13 Å². The molecule has 0 saturated carbocycles. The van der Waals surface area contributed by atoms with Crippen molar-refractivity contribution in [1.29, 1.82) is 0 Å². The number of carbonyl (C=O) groups is 1. The first kappa shape index (κ1) is 20.9. The number of anilines is 1. The summed E-state index contributed by atoms with van der Waals surface area (Å²) in [7, 11) is 0. The number of amides is 1. The van der Waals surface area contributed by atoms with Crippen LogP contribution < -0.4 is 11.1 Å². The topological polar surface area (TPSA) is 71.2 Å². The van der Waals surface area contributed by atoms with Crippen LogP contribution in [-0.4, -0.2) is 28.4 Å². The third kappa shape index (κ3) is 5.16. The SMILES string of the molecule is C[C@@H](N)C(=O)Nc1nc2c(s1)CN(Cc1ccccc1)CC2.Cl.Cl. The van der Waals surface area contributed by atoms with Crippen molar-refractivity contribution in [3.05, 3.63) is 46.5 Å². The molecular formula is C16H22Cl2N4OS. The number of nitrogens with zero attached hydrogens (tertiary/aromatic N) is 2. The van der Waals surface area contributed by atoms with Gasteiger partial charge >= 0.3 is 0 Å². The highest BCUT2D eigenvalue weighted by molar-refractivity contribution is 7.15. The van der Waals surface area contributed by atoms with E-state index in [2.05, 4.69) is 39.5 Å². The lowest BCUT2D eigenvalue weighted by atomic mass is 10.1. The fourth-order valence-electron chi connectivity index (χ4n) is 2.50. The van der Waals surface area contributed by atoms with E-state index in [0.29, 0.717) is 5.13 Å². The van der Waals surface area contributed by atoms with Crippen LogP contribution >= 0.6 is 36.2 Å². The van der Waals surface area contributed by atoms with E-state index in [-0.39, 0.29) is 30.7 Å². The highest BCUT2D eigenvalue weighted by Gasteiger charge is 2.21. The summed E-state index contributed by atoms with van der Waals surface area (Å²) < 4.78 is 0. The molecule has 0 radical (unpaired) electrons. The van der Waals surface area contributed by atoms with Crippen LogP contribution in [0.3, 0.4) is 0 Å². The molecule has 1 aromatic carbocycles. The van der Waals surface area contributed by atoms with Crippen LogP contribution in [0.25, 0.3) is 0 Å². The highest BCUT2D eigenvalue weighted by atomic mass is 35.5. The van der Waals surface area contributed by atoms with Gasteiger partial charge in [0.15, 0.2) is 5.13 Å². The molecule has 3 N–H and O–H groups in total. The Morgan fingerprint density at radius 2 is 2.08 bits per heavy atom. The smallest absolute Gasteiger partial charge is 0.242 e. The molecule has 1 aromatic heterocycles. The van der Waals surface area contributed by atoms with Crippen LogP contribution in [0.1, 0.15) is 23.1 Å². The Morgan fingerprint density at radius 1 is 1.38 bits per heavy atom. The van der Waals surface area contributed by atoms with E-state index in [4.69, 9.17) is 5.73 Å². The quantitative estimate of drug-likeness (QED) is 0.844. The summed E-state index contributed by atoms with van der Waals surface area (Å²) in [6.07, 6.45) is 0.923. The number of nitrogens with one attached hydrogen (secondary N) is 1. The van der Waals surface area contributed by atoms with Crippen molar-refractivity contribution in [2.75, 3.05) is 11.9 Å². The molecule has 2 heterocycles. The summed E-state index contributed by atoms with van der Waals surface area (Å²) in [5.74, 6) is -0.188. The van der Waals surface area contributed by atoms with Gasteiger partial charge in [-0.05, 0) is 12.5 Å². The van der Waals surface area contributed by atoms with Gasteiger partial charge in [-0.1, -0.05) is 30.3 Å². The van der Waals surface area contributed by atoms with Crippen molar-refractivity contribution in [3.63, 3.8) is 0 Å². The number of nitrogens with two attached hydrogens (primary N) is 1. The third-order valence-electron chi connectivity index (χ3n) is 3.70. The first-order chi connectivity index (χ1) is 10.6. The number of aromatic nitrogens is 1. The predicted octanol–water partition coefficient (Wildman–Crippen LogP) is 2.83. The van der Waals surface area contributed by atoms with E-state index in [9.17, 15) is 4.79 Å². The standard InChI is InChI=1S/C16H20N4OS.2ClH/c1-11(17)15(21)19-16-18-13-7-8-20(10-14(13)22-16)9-12-5-3-2-4-6-12;;/h2-6,11H,7-10,17H2,1H3,(H,18,19,21);2*1H/t11-;;/m1../s1. The van der Waals surface area contributed by atoms with E-state index < -0.39 is 6.04 Å². The van der Waals surface area contributed by atoms with Crippen molar-refractivity contribution in [2.24, 2.45) is 5.73 Å².